The molecule has 7 nitrogen and oxygen atoms in total. The second-order valence-corrected chi connectivity index (χ2v) is 8.72. The Labute approximate surface area is 139 Å². The monoisotopic (exact) mass is 360 g/mol. The van der Waals surface area contributed by atoms with Crippen LogP contribution in [0.3, 0.4) is 0 Å². The Morgan fingerprint density at radius 1 is 1.35 bits per heavy atom. The summed E-state index contributed by atoms with van der Waals surface area (Å²) < 4.78 is 27.2. The Balaban J connectivity index is 1.91. The van der Waals surface area contributed by atoms with Gasteiger partial charge in [-0.25, -0.2) is 18.4 Å². The fourth-order valence-electron chi connectivity index (χ4n) is 2.74. The van der Waals surface area contributed by atoms with E-state index in [0.29, 0.717) is 24.9 Å². The Hall–Kier alpha value is -1.45. The van der Waals surface area contributed by atoms with E-state index in [1.807, 2.05) is 0 Å². The lowest BCUT2D eigenvalue weighted by Gasteiger charge is -2.34. The summed E-state index contributed by atoms with van der Waals surface area (Å²) in [4.78, 5) is 25.7. The van der Waals surface area contributed by atoms with E-state index in [1.54, 1.807) is 4.90 Å². The summed E-state index contributed by atoms with van der Waals surface area (Å²) in [5, 5.41) is 6.33. The molecule has 2 heterocycles. The summed E-state index contributed by atoms with van der Waals surface area (Å²) in [5.41, 5.74) is 0.0761. The molecule has 0 radical (unpaired) electrons. The predicted molar refractivity (Wildman–Crippen MR) is 85.5 cm³/mol. The van der Waals surface area contributed by atoms with Crippen LogP contribution >= 0.6 is 11.3 Å². The van der Waals surface area contributed by atoms with Crippen LogP contribution in [0.2, 0.25) is 0 Å². The maximum atomic E-state index is 12.1. The molecule has 1 fully saturated rings. The first kappa shape index (κ1) is 17.9. The average Bonchev–Trinajstić information content (AvgIpc) is 2.93. The van der Waals surface area contributed by atoms with Crippen molar-refractivity contribution in [3.63, 3.8) is 0 Å². The van der Waals surface area contributed by atoms with Crippen LogP contribution in [0.4, 0.5) is 0 Å². The van der Waals surface area contributed by atoms with Crippen LogP contribution in [0.5, 0.6) is 0 Å². The number of esters is 1. The van der Waals surface area contributed by atoms with Crippen molar-refractivity contribution in [2.45, 2.75) is 24.5 Å². The van der Waals surface area contributed by atoms with E-state index in [2.05, 4.69) is 13.8 Å². The molecule has 1 saturated heterocycles. The molecule has 0 aromatic carbocycles. The van der Waals surface area contributed by atoms with E-state index < -0.39 is 16.0 Å². The Bertz CT molecular complexity index is 688. The molecule has 23 heavy (non-hydrogen) atoms. The van der Waals surface area contributed by atoms with Gasteiger partial charge in [0.15, 0.2) is 6.61 Å². The fraction of sp³-hybridized carbons (Fsp3) is 0.571. The third-order valence-electron chi connectivity index (χ3n) is 3.64. The molecule has 2 N–H and O–H groups in total. The van der Waals surface area contributed by atoms with Gasteiger partial charge in [-0.05, 0) is 24.3 Å². The zero-order valence-electron chi connectivity index (χ0n) is 13.0. The number of hydrogen-bond acceptors (Lipinski definition) is 6. The highest BCUT2D eigenvalue weighted by Crippen LogP contribution is 2.22. The topological polar surface area (TPSA) is 107 Å². The van der Waals surface area contributed by atoms with Gasteiger partial charge in [0.05, 0.1) is 5.56 Å². The molecule has 2 atom stereocenters. The molecule has 1 aliphatic rings. The first-order valence-electron chi connectivity index (χ1n) is 7.23. The molecule has 2 unspecified atom stereocenters. The maximum Gasteiger partial charge on any atom is 0.339 e. The largest absolute Gasteiger partial charge is 0.452 e. The number of piperidine rings is 1. The Kier molecular flexibility index (Phi) is 5.43. The van der Waals surface area contributed by atoms with Crippen molar-refractivity contribution in [1.29, 1.82) is 0 Å². The minimum atomic E-state index is -3.84. The number of carbonyl (C=O) groups excluding carboxylic acids is 2. The highest BCUT2D eigenvalue weighted by Gasteiger charge is 2.26. The van der Waals surface area contributed by atoms with Crippen LogP contribution in [0.15, 0.2) is 15.7 Å². The second kappa shape index (κ2) is 6.98. The highest BCUT2D eigenvalue weighted by molar-refractivity contribution is 7.91. The number of rotatable bonds is 4. The van der Waals surface area contributed by atoms with Gasteiger partial charge in [-0.3, -0.25) is 4.79 Å². The van der Waals surface area contributed by atoms with Gasteiger partial charge < -0.3 is 9.64 Å². The number of nitrogens with zero attached hydrogens (tertiary/aromatic N) is 1. The quantitative estimate of drug-likeness (QED) is 0.808. The lowest BCUT2D eigenvalue weighted by atomic mass is 9.92. The van der Waals surface area contributed by atoms with E-state index in [1.165, 1.54) is 5.38 Å². The summed E-state index contributed by atoms with van der Waals surface area (Å²) in [7, 11) is -3.84. The molecule has 0 bridgehead atoms. The SMILES string of the molecule is CC1CC(C)CN(C(=O)COC(=O)c2csc(S(N)(=O)=O)c2)C1. The molecule has 1 amide bonds. The number of primary sulfonamides is 1. The summed E-state index contributed by atoms with van der Waals surface area (Å²) >= 11 is 0.839. The molecule has 9 heteroatoms. The lowest BCUT2D eigenvalue weighted by molar-refractivity contribution is -0.137. The molecule has 1 aromatic rings. The molecule has 2 rings (SSSR count). The average molecular weight is 360 g/mol. The molecule has 0 spiro atoms. The zero-order valence-corrected chi connectivity index (χ0v) is 14.7. The molecule has 1 aliphatic heterocycles. The van der Waals surface area contributed by atoms with E-state index in [-0.39, 0.29) is 22.3 Å². The maximum absolute atomic E-state index is 12.1. The number of likely N-dealkylation sites (tertiary alicyclic amines) is 1. The summed E-state index contributed by atoms with van der Waals surface area (Å²) in [6, 6.07) is 1.15. The standard InChI is InChI=1S/C14H20N2O5S2/c1-9-3-10(2)6-16(5-9)12(17)7-21-14(18)11-4-13(22-8-11)23(15,19)20/h4,8-10H,3,5-7H2,1-2H3,(H2,15,19,20). The van der Waals surface area contributed by atoms with Crippen molar-refractivity contribution in [1.82, 2.24) is 4.90 Å². The number of hydrogen-bond donors (Lipinski definition) is 1. The van der Waals surface area contributed by atoms with Crippen LogP contribution in [0.1, 0.15) is 30.6 Å². The molecular formula is C14H20N2O5S2. The second-order valence-electron chi connectivity index (χ2n) is 6.02. The van der Waals surface area contributed by atoms with Crippen molar-refractivity contribution >= 4 is 33.2 Å². The summed E-state index contributed by atoms with van der Waals surface area (Å²) in [6.07, 6.45) is 1.08. The normalized spacial score (nSPS) is 22.0. The van der Waals surface area contributed by atoms with Crippen LogP contribution in [0.25, 0.3) is 0 Å². The van der Waals surface area contributed by atoms with Gasteiger partial charge in [0.2, 0.25) is 10.0 Å². The van der Waals surface area contributed by atoms with Crippen molar-refractivity contribution in [2.24, 2.45) is 17.0 Å². The molecule has 1 aromatic heterocycles. The summed E-state index contributed by atoms with van der Waals surface area (Å²) in [6.45, 7) is 5.15. The molecule has 0 aliphatic carbocycles. The van der Waals surface area contributed by atoms with Crippen molar-refractivity contribution in [3.8, 4) is 0 Å². The third-order valence-corrected chi connectivity index (χ3v) is 6.03. The molecule has 128 valence electrons. The first-order chi connectivity index (χ1) is 10.7. The van der Waals surface area contributed by atoms with Crippen LogP contribution in [-0.4, -0.2) is 44.9 Å². The smallest absolute Gasteiger partial charge is 0.339 e. The van der Waals surface area contributed by atoms with Crippen LogP contribution in [-0.2, 0) is 19.6 Å². The fourth-order valence-corrected chi connectivity index (χ4v) is 4.32. The summed E-state index contributed by atoms with van der Waals surface area (Å²) in [5.74, 6) is -0.124. The Morgan fingerprint density at radius 2 is 1.96 bits per heavy atom. The number of sulfonamides is 1. The minimum absolute atomic E-state index is 0.0761. The van der Waals surface area contributed by atoms with Crippen LogP contribution in [0, 0.1) is 11.8 Å². The van der Waals surface area contributed by atoms with Gasteiger partial charge in [0, 0.05) is 18.5 Å². The van der Waals surface area contributed by atoms with Crippen LogP contribution < -0.4 is 5.14 Å². The van der Waals surface area contributed by atoms with Gasteiger partial charge in [-0.15, -0.1) is 11.3 Å². The number of amides is 1. The van der Waals surface area contributed by atoms with E-state index in [0.717, 1.165) is 23.8 Å². The van der Waals surface area contributed by atoms with E-state index in [9.17, 15) is 18.0 Å². The number of ether oxygens (including phenoxy) is 1. The molecule has 0 saturated carbocycles. The number of carbonyl (C=O) groups is 2. The van der Waals surface area contributed by atoms with Crippen molar-refractivity contribution in [2.75, 3.05) is 19.7 Å². The molecular weight excluding hydrogens is 340 g/mol. The highest BCUT2D eigenvalue weighted by atomic mass is 32.2. The first-order valence-corrected chi connectivity index (χ1v) is 9.65. The Morgan fingerprint density at radius 3 is 2.48 bits per heavy atom. The van der Waals surface area contributed by atoms with Crippen molar-refractivity contribution in [3.05, 3.63) is 17.0 Å². The predicted octanol–water partition coefficient (Wildman–Crippen LogP) is 1.06. The number of nitrogens with two attached hydrogens (primary N) is 1. The van der Waals surface area contributed by atoms with Gasteiger partial charge in [-0.2, -0.15) is 0 Å². The van der Waals surface area contributed by atoms with E-state index >= 15 is 0 Å². The lowest BCUT2D eigenvalue weighted by Crippen LogP contribution is -2.44. The number of thiophene rings is 1. The van der Waals surface area contributed by atoms with Gasteiger partial charge >= 0.3 is 5.97 Å². The van der Waals surface area contributed by atoms with E-state index in [4.69, 9.17) is 9.88 Å². The third kappa shape index (κ3) is 4.76. The minimum Gasteiger partial charge on any atom is -0.452 e. The van der Waals surface area contributed by atoms with Gasteiger partial charge in [0.25, 0.3) is 5.91 Å². The van der Waals surface area contributed by atoms with Gasteiger partial charge in [-0.1, -0.05) is 13.8 Å². The zero-order chi connectivity index (χ0) is 17.2. The van der Waals surface area contributed by atoms with Crippen molar-refractivity contribution < 1.29 is 22.7 Å². The van der Waals surface area contributed by atoms with Gasteiger partial charge in [0.1, 0.15) is 4.21 Å².